The molecule has 2 amide bonds. The number of halogens is 2. The van der Waals surface area contributed by atoms with E-state index < -0.39 is 17.4 Å². The molecule has 2 heterocycles. The first kappa shape index (κ1) is 17.1. The van der Waals surface area contributed by atoms with E-state index in [2.05, 4.69) is 0 Å². The number of likely N-dealkylation sites (N-methyl/N-ethyl adjacent to an activating group) is 1. The first-order valence-corrected chi connectivity index (χ1v) is 8.33. The van der Waals surface area contributed by atoms with E-state index in [9.17, 15) is 18.4 Å². The van der Waals surface area contributed by atoms with Crippen LogP contribution in [-0.4, -0.2) is 77.7 Å². The summed E-state index contributed by atoms with van der Waals surface area (Å²) >= 11 is 0. The fraction of sp³-hybridized carbons (Fsp3) is 0.812. The Morgan fingerprint density at radius 3 is 2.42 bits per heavy atom. The summed E-state index contributed by atoms with van der Waals surface area (Å²) in [6.45, 7) is 2.10. The average Bonchev–Trinajstić information content (AvgIpc) is 2.53. The Labute approximate surface area is 140 Å². The van der Waals surface area contributed by atoms with Gasteiger partial charge in [-0.3, -0.25) is 14.5 Å². The molecule has 0 bridgehead atoms. The quantitative estimate of drug-likeness (QED) is 0.694. The molecule has 6 nitrogen and oxygen atoms in total. The number of carbonyl (C=O) groups excluding carboxylic acids is 2. The van der Waals surface area contributed by atoms with Crippen molar-refractivity contribution < 1.29 is 18.4 Å². The third kappa shape index (κ3) is 2.75. The lowest BCUT2D eigenvalue weighted by molar-refractivity contribution is -0.166. The summed E-state index contributed by atoms with van der Waals surface area (Å²) in [6, 6.07) is 2.02. The molecule has 0 atom stereocenters. The molecule has 24 heavy (non-hydrogen) atoms. The summed E-state index contributed by atoms with van der Waals surface area (Å²) in [6.07, 6.45) is 0.253. The molecule has 8 heteroatoms. The fourth-order valence-electron chi connectivity index (χ4n) is 4.07. The lowest BCUT2D eigenvalue weighted by Gasteiger charge is -2.51. The standard InChI is InChI=1S/C16H22F2N4O2/c1-20-8-9-22(7-4-19)14(24)15(20)2-5-21(6-3-15)13(23)12-10-16(17,18)11-12/h12H,2-3,5-11H2,1H3. The van der Waals surface area contributed by atoms with Crippen molar-refractivity contribution in [2.45, 2.75) is 37.1 Å². The van der Waals surface area contributed by atoms with Gasteiger partial charge in [-0.1, -0.05) is 0 Å². The van der Waals surface area contributed by atoms with Crippen LogP contribution >= 0.6 is 0 Å². The molecule has 2 saturated heterocycles. The number of amides is 2. The fourth-order valence-corrected chi connectivity index (χ4v) is 4.07. The van der Waals surface area contributed by atoms with Crippen LogP contribution in [0.25, 0.3) is 0 Å². The largest absolute Gasteiger partial charge is 0.342 e. The van der Waals surface area contributed by atoms with E-state index in [1.54, 1.807) is 9.80 Å². The first-order valence-electron chi connectivity index (χ1n) is 8.33. The van der Waals surface area contributed by atoms with Crippen LogP contribution in [0.15, 0.2) is 0 Å². The zero-order valence-electron chi connectivity index (χ0n) is 13.8. The maximum atomic E-state index is 13.0. The van der Waals surface area contributed by atoms with Gasteiger partial charge in [0.1, 0.15) is 12.1 Å². The molecule has 0 aromatic carbocycles. The number of piperazine rings is 1. The number of carbonyl (C=O) groups is 2. The minimum absolute atomic E-state index is 0.0555. The van der Waals surface area contributed by atoms with Gasteiger partial charge in [-0.15, -0.1) is 0 Å². The highest BCUT2D eigenvalue weighted by Crippen LogP contribution is 2.44. The SMILES string of the molecule is CN1CCN(CC#N)C(=O)C12CCN(C(=O)C1CC(F)(F)C1)CC2. The number of alkyl halides is 2. The third-order valence-electron chi connectivity index (χ3n) is 5.72. The van der Waals surface area contributed by atoms with E-state index in [1.165, 1.54) is 0 Å². The van der Waals surface area contributed by atoms with Crippen LogP contribution < -0.4 is 0 Å². The molecule has 0 N–H and O–H groups in total. The van der Waals surface area contributed by atoms with E-state index >= 15 is 0 Å². The van der Waals surface area contributed by atoms with Gasteiger partial charge < -0.3 is 9.80 Å². The van der Waals surface area contributed by atoms with Gasteiger partial charge in [-0.05, 0) is 19.9 Å². The molecule has 0 unspecified atom stereocenters. The van der Waals surface area contributed by atoms with Crippen LogP contribution in [0.3, 0.4) is 0 Å². The zero-order chi connectivity index (χ0) is 17.5. The van der Waals surface area contributed by atoms with Gasteiger partial charge in [0.25, 0.3) is 0 Å². The Morgan fingerprint density at radius 1 is 1.25 bits per heavy atom. The normalized spacial score (nSPS) is 27.0. The Morgan fingerprint density at radius 2 is 1.88 bits per heavy atom. The van der Waals surface area contributed by atoms with E-state index in [0.717, 1.165) is 0 Å². The van der Waals surface area contributed by atoms with Crippen LogP contribution in [0, 0.1) is 17.2 Å². The van der Waals surface area contributed by atoms with Crippen molar-refractivity contribution in [3.8, 4) is 6.07 Å². The van der Waals surface area contributed by atoms with Crippen molar-refractivity contribution in [2.75, 3.05) is 39.8 Å². The van der Waals surface area contributed by atoms with E-state index in [1.807, 2.05) is 18.0 Å². The molecule has 1 saturated carbocycles. The van der Waals surface area contributed by atoms with Crippen molar-refractivity contribution in [3.05, 3.63) is 0 Å². The van der Waals surface area contributed by atoms with Gasteiger partial charge in [0.05, 0.1) is 6.07 Å². The summed E-state index contributed by atoms with van der Waals surface area (Å²) in [5, 5.41) is 8.87. The highest BCUT2D eigenvalue weighted by atomic mass is 19.3. The van der Waals surface area contributed by atoms with Gasteiger partial charge >= 0.3 is 0 Å². The number of rotatable bonds is 2. The summed E-state index contributed by atoms with van der Waals surface area (Å²) in [5.41, 5.74) is -0.671. The van der Waals surface area contributed by atoms with Crippen molar-refractivity contribution in [3.63, 3.8) is 0 Å². The lowest BCUT2D eigenvalue weighted by atomic mass is 9.78. The van der Waals surface area contributed by atoms with Crippen LogP contribution in [-0.2, 0) is 9.59 Å². The zero-order valence-corrected chi connectivity index (χ0v) is 13.8. The number of likely N-dealkylation sites (tertiary alicyclic amines) is 1. The summed E-state index contributed by atoms with van der Waals surface area (Å²) < 4.78 is 25.9. The maximum absolute atomic E-state index is 13.0. The third-order valence-corrected chi connectivity index (χ3v) is 5.72. The highest BCUT2D eigenvalue weighted by molar-refractivity contribution is 5.88. The maximum Gasteiger partial charge on any atom is 0.249 e. The van der Waals surface area contributed by atoms with E-state index in [-0.39, 0.29) is 31.2 Å². The molecule has 1 spiro atoms. The van der Waals surface area contributed by atoms with Crippen LogP contribution in [0.4, 0.5) is 8.78 Å². The monoisotopic (exact) mass is 340 g/mol. The molecule has 2 aliphatic heterocycles. The topological polar surface area (TPSA) is 67.7 Å². The minimum Gasteiger partial charge on any atom is -0.342 e. The molecular formula is C16H22F2N4O2. The molecule has 132 valence electrons. The molecule has 3 aliphatic rings. The minimum atomic E-state index is -2.70. The Kier molecular flexibility index (Phi) is 4.24. The second kappa shape index (κ2) is 5.96. The molecule has 3 fully saturated rings. The van der Waals surface area contributed by atoms with Crippen molar-refractivity contribution in [1.82, 2.24) is 14.7 Å². The number of hydrogen-bond donors (Lipinski definition) is 0. The number of nitrogens with zero attached hydrogens (tertiary/aromatic N) is 4. The number of hydrogen-bond acceptors (Lipinski definition) is 4. The first-order chi connectivity index (χ1) is 11.3. The molecule has 0 aromatic heterocycles. The van der Waals surface area contributed by atoms with Gasteiger partial charge in [-0.2, -0.15) is 5.26 Å². The highest BCUT2D eigenvalue weighted by Gasteiger charge is 2.53. The Balaban J connectivity index is 1.64. The summed E-state index contributed by atoms with van der Waals surface area (Å²) in [7, 11) is 1.89. The van der Waals surface area contributed by atoms with Crippen LogP contribution in [0.2, 0.25) is 0 Å². The molecular weight excluding hydrogens is 318 g/mol. The average molecular weight is 340 g/mol. The summed E-state index contributed by atoms with van der Waals surface area (Å²) in [4.78, 5) is 30.3. The smallest absolute Gasteiger partial charge is 0.249 e. The number of piperidine rings is 1. The van der Waals surface area contributed by atoms with Crippen LogP contribution in [0.1, 0.15) is 25.7 Å². The van der Waals surface area contributed by atoms with Gasteiger partial charge in [0.2, 0.25) is 17.7 Å². The summed E-state index contributed by atoms with van der Waals surface area (Å²) in [5.74, 6) is -3.55. The molecule has 0 radical (unpaired) electrons. The molecule has 3 rings (SSSR count). The molecule has 1 aliphatic carbocycles. The van der Waals surface area contributed by atoms with Crippen molar-refractivity contribution >= 4 is 11.8 Å². The van der Waals surface area contributed by atoms with E-state index in [4.69, 9.17) is 5.26 Å². The van der Waals surface area contributed by atoms with Gasteiger partial charge in [-0.25, -0.2) is 8.78 Å². The predicted octanol–water partition coefficient (Wildman–Crippen LogP) is 0.690. The second-order valence-corrected chi connectivity index (χ2v) is 7.12. The van der Waals surface area contributed by atoms with E-state index in [0.29, 0.717) is 39.0 Å². The Bertz CT molecular complexity index is 573. The predicted molar refractivity (Wildman–Crippen MR) is 81.0 cm³/mol. The number of nitriles is 1. The molecule has 0 aromatic rings. The van der Waals surface area contributed by atoms with Crippen LogP contribution in [0.5, 0.6) is 0 Å². The van der Waals surface area contributed by atoms with Gasteiger partial charge in [0.15, 0.2) is 0 Å². The Hall–Kier alpha value is -1.75. The van der Waals surface area contributed by atoms with Crippen molar-refractivity contribution in [2.24, 2.45) is 5.92 Å². The van der Waals surface area contributed by atoms with Gasteiger partial charge in [0, 0.05) is 44.9 Å². The lowest BCUT2D eigenvalue weighted by Crippen LogP contribution is -2.68. The van der Waals surface area contributed by atoms with Crippen molar-refractivity contribution in [1.29, 1.82) is 5.26 Å². The second-order valence-electron chi connectivity index (χ2n) is 7.12.